The van der Waals surface area contributed by atoms with Gasteiger partial charge in [0.05, 0.1) is 6.04 Å². The van der Waals surface area contributed by atoms with E-state index in [-0.39, 0.29) is 11.9 Å². The number of amides is 3. The van der Waals surface area contributed by atoms with Crippen LogP contribution in [-0.2, 0) is 6.54 Å². The number of carbonyl (C=O) groups is 2. The van der Waals surface area contributed by atoms with Crippen LogP contribution in [0, 0.1) is 0 Å². The Morgan fingerprint density at radius 2 is 1.68 bits per heavy atom. The van der Waals surface area contributed by atoms with Crippen LogP contribution < -0.4 is 16.4 Å². The number of nitrogens with one attached hydrogen (secondary N) is 2. The van der Waals surface area contributed by atoms with Gasteiger partial charge in [0.1, 0.15) is 0 Å². The fourth-order valence-corrected chi connectivity index (χ4v) is 2.49. The standard InChI is InChI=1S/C19H24N4O2/c1-23(2)13-17(15-6-4-3-5-7-15)22-18(24)16-10-8-14(9-11-16)12-21-19(20)25/h3-11,17H,12-13H2,1-2H3,(H,22,24)(H3,20,21,25)/t17-/m0/s1. The highest BCUT2D eigenvalue weighted by Crippen LogP contribution is 2.15. The third kappa shape index (κ3) is 5.93. The molecule has 0 aliphatic rings. The highest BCUT2D eigenvalue weighted by atomic mass is 16.2. The van der Waals surface area contributed by atoms with Gasteiger partial charge in [-0.15, -0.1) is 0 Å². The fourth-order valence-electron chi connectivity index (χ4n) is 2.49. The summed E-state index contributed by atoms with van der Waals surface area (Å²) in [7, 11) is 3.95. The maximum absolute atomic E-state index is 12.6. The normalized spacial score (nSPS) is 11.8. The predicted octanol–water partition coefficient (Wildman–Crippen LogP) is 1.89. The second-order valence-corrected chi connectivity index (χ2v) is 6.11. The monoisotopic (exact) mass is 340 g/mol. The molecule has 0 heterocycles. The van der Waals surface area contributed by atoms with E-state index >= 15 is 0 Å². The van der Waals surface area contributed by atoms with Crippen LogP contribution in [-0.4, -0.2) is 37.5 Å². The Bertz CT molecular complexity index is 699. The number of likely N-dealkylation sites (N-methyl/N-ethyl adjacent to an activating group) is 1. The quantitative estimate of drug-likeness (QED) is 0.719. The molecule has 0 spiro atoms. The Morgan fingerprint density at radius 1 is 1.04 bits per heavy atom. The van der Waals surface area contributed by atoms with E-state index in [0.29, 0.717) is 18.7 Å². The minimum absolute atomic E-state index is 0.0973. The van der Waals surface area contributed by atoms with E-state index in [9.17, 15) is 9.59 Å². The maximum atomic E-state index is 12.6. The minimum atomic E-state index is -0.573. The van der Waals surface area contributed by atoms with E-state index in [1.54, 1.807) is 24.3 Å². The zero-order valence-electron chi connectivity index (χ0n) is 14.5. The molecule has 0 fully saturated rings. The first-order chi connectivity index (χ1) is 12.0. The second-order valence-electron chi connectivity index (χ2n) is 6.11. The van der Waals surface area contributed by atoms with Gasteiger partial charge in [0.15, 0.2) is 0 Å². The third-order valence-corrected chi connectivity index (χ3v) is 3.74. The number of hydrogen-bond donors (Lipinski definition) is 3. The summed E-state index contributed by atoms with van der Waals surface area (Å²) in [5.74, 6) is -0.134. The molecule has 0 saturated heterocycles. The molecular formula is C19H24N4O2. The molecule has 0 aromatic heterocycles. The summed E-state index contributed by atoms with van der Waals surface area (Å²) >= 11 is 0. The molecule has 6 heteroatoms. The molecule has 0 aliphatic heterocycles. The largest absolute Gasteiger partial charge is 0.352 e. The summed E-state index contributed by atoms with van der Waals surface area (Å²) in [6, 6.07) is 16.3. The number of nitrogens with zero attached hydrogens (tertiary/aromatic N) is 1. The van der Waals surface area contributed by atoms with Crippen LogP contribution in [0.5, 0.6) is 0 Å². The van der Waals surface area contributed by atoms with Crippen LogP contribution in [0.1, 0.15) is 27.5 Å². The SMILES string of the molecule is CN(C)C[C@H](NC(=O)c1ccc(CNC(N)=O)cc1)c1ccccc1. The lowest BCUT2D eigenvalue weighted by atomic mass is 10.1. The molecule has 4 N–H and O–H groups in total. The van der Waals surface area contributed by atoms with Gasteiger partial charge in [0.2, 0.25) is 0 Å². The molecule has 1 atom stereocenters. The minimum Gasteiger partial charge on any atom is -0.352 e. The number of urea groups is 1. The highest BCUT2D eigenvalue weighted by Gasteiger charge is 2.16. The van der Waals surface area contributed by atoms with Crippen molar-refractivity contribution < 1.29 is 9.59 Å². The molecule has 0 aliphatic carbocycles. The number of benzene rings is 2. The summed E-state index contributed by atoms with van der Waals surface area (Å²) in [6.07, 6.45) is 0. The topological polar surface area (TPSA) is 87.5 Å². The van der Waals surface area contributed by atoms with Gasteiger partial charge in [-0.3, -0.25) is 4.79 Å². The van der Waals surface area contributed by atoms with Crippen molar-refractivity contribution >= 4 is 11.9 Å². The van der Waals surface area contributed by atoms with E-state index in [1.165, 1.54) is 0 Å². The van der Waals surface area contributed by atoms with Gasteiger partial charge in [-0.05, 0) is 37.4 Å². The van der Waals surface area contributed by atoms with E-state index < -0.39 is 6.03 Å². The van der Waals surface area contributed by atoms with Crippen LogP contribution in [0.25, 0.3) is 0 Å². The van der Waals surface area contributed by atoms with Crippen molar-refractivity contribution in [2.45, 2.75) is 12.6 Å². The first-order valence-corrected chi connectivity index (χ1v) is 8.08. The number of primary amides is 1. The van der Waals surface area contributed by atoms with Gasteiger partial charge in [0.25, 0.3) is 5.91 Å². The average molecular weight is 340 g/mol. The first kappa shape index (κ1) is 18.5. The van der Waals surface area contributed by atoms with E-state index in [2.05, 4.69) is 10.6 Å². The van der Waals surface area contributed by atoms with Gasteiger partial charge in [-0.2, -0.15) is 0 Å². The Kier molecular flexibility index (Phi) is 6.54. The molecule has 0 radical (unpaired) electrons. The van der Waals surface area contributed by atoms with Crippen molar-refractivity contribution in [2.24, 2.45) is 5.73 Å². The molecule has 132 valence electrons. The molecule has 2 rings (SSSR count). The molecule has 0 saturated carbocycles. The Hall–Kier alpha value is -2.86. The number of nitrogens with two attached hydrogens (primary N) is 1. The molecule has 2 aromatic carbocycles. The van der Waals surface area contributed by atoms with Gasteiger partial charge in [-0.1, -0.05) is 42.5 Å². The number of carbonyl (C=O) groups excluding carboxylic acids is 2. The lowest BCUT2D eigenvalue weighted by molar-refractivity contribution is 0.0930. The summed E-state index contributed by atoms with van der Waals surface area (Å²) < 4.78 is 0. The molecule has 6 nitrogen and oxygen atoms in total. The Morgan fingerprint density at radius 3 is 2.24 bits per heavy atom. The molecule has 0 bridgehead atoms. The van der Waals surface area contributed by atoms with Crippen molar-refractivity contribution in [1.29, 1.82) is 0 Å². The van der Waals surface area contributed by atoms with Crippen LogP contribution in [0.4, 0.5) is 4.79 Å². The van der Waals surface area contributed by atoms with Gasteiger partial charge < -0.3 is 21.3 Å². The molecule has 0 unspecified atom stereocenters. The van der Waals surface area contributed by atoms with E-state index in [4.69, 9.17) is 5.73 Å². The van der Waals surface area contributed by atoms with E-state index in [0.717, 1.165) is 11.1 Å². The van der Waals surface area contributed by atoms with Crippen LogP contribution in [0.2, 0.25) is 0 Å². The predicted molar refractivity (Wildman–Crippen MR) is 98.1 cm³/mol. The second kappa shape index (κ2) is 8.84. The van der Waals surface area contributed by atoms with Gasteiger partial charge in [0, 0.05) is 18.7 Å². The zero-order valence-corrected chi connectivity index (χ0v) is 14.5. The van der Waals surface area contributed by atoms with Crippen LogP contribution >= 0.6 is 0 Å². The first-order valence-electron chi connectivity index (χ1n) is 8.08. The average Bonchev–Trinajstić information content (AvgIpc) is 2.60. The van der Waals surface area contributed by atoms with Crippen molar-refractivity contribution in [3.63, 3.8) is 0 Å². The molecule has 3 amide bonds. The maximum Gasteiger partial charge on any atom is 0.312 e. The Labute approximate surface area is 148 Å². The molecule has 25 heavy (non-hydrogen) atoms. The van der Waals surface area contributed by atoms with E-state index in [1.807, 2.05) is 49.3 Å². The van der Waals surface area contributed by atoms with Crippen molar-refractivity contribution in [3.8, 4) is 0 Å². The number of rotatable bonds is 7. The van der Waals surface area contributed by atoms with Gasteiger partial charge in [-0.25, -0.2) is 4.79 Å². The zero-order chi connectivity index (χ0) is 18.2. The van der Waals surface area contributed by atoms with Crippen molar-refractivity contribution in [2.75, 3.05) is 20.6 Å². The van der Waals surface area contributed by atoms with Crippen molar-refractivity contribution in [1.82, 2.24) is 15.5 Å². The lowest BCUT2D eigenvalue weighted by Crippen LogP contribution is -2.35. The van der Waals surface area contributed by atoms with Crippen LogP contribution in [0.3, 0.4) is 0 Å². The van der Waals surface area contributed by atoms with Crippen molar-refractivity contribution in [3.05, 3.63) is 71.3 Å². The van der Waals surface area contributed by atoms with Gasteiger partial charge >= 0.3 is 6.03 Å². The summed E-state index contributed by atoms with van der Waals surface area (Å²) in [5.41, 5.74) is 7.56. The third-order valence-electron chi connectivity index (χ3n) is 3.74. The Balaban J connectivity index is 2.06. The summed E-state index contributed by atoms with van der Waals surface area (Å²) in [4.78, 5) is 25.3. The fraction of sp³-hybridized carbons (Fsp3) is 0.263. The number of hydrogen-bond acceptors (Lipinski definition) is 3. The molecule has 2 aromatic rings. The summed E-state index contributed by atoms with van der Waals surface area (Å²) in [5, 5.41) is 5.60. The molecular weight excluding hydrogens is 316 g/mol. The van der Waals surface area contributed by atoms with Crippen LogP contribution in [0.15, 0.2) is 54.6 Å². The highest BCUT2D eigenvalue weighted by molar-refractivity contribution is 5.94. The smallest absolute Gasteiger partial charge is 0.312 e. The summed E-state index contributed by atoms with van der Waals surface area (Å²) in [6.45, 7) is 1.04. The lowest BCUT2D eigenvalue weighted by Gasteiger charge is -2.23.